The summed E-state index contributed by atoms with van der Waals surface area (Å²) in [6.07, 6.45) is 6.37. The summed E-state index contributed by atoms with van der Waals surface area (Å²) in [6, 6.07) is 5.29. The number of halogens is 3. The number of hydrogen-bond donors (Lipinski definition) is 2. The molecule has 0 spiro atoms. The lowest BCUT2D eigenvalue weighted by Crippen LogP contribution is -2.45. The molecule has 12 heteroatoms. The van der Waals surface area contributed by atoms with E-state index in [-0.39, 0.29) is 41.7 Å². The average Bonchev–Trinajstić information content (AvgIpc) is 3.36. The van der Waals surface area contributed by atoms with Gasteiger partial charge in [0.05, 0.1) is 23.8 Å². The molecule has 2 N–H and O–H groups in total. The average molecular weight is 524 g/mol. The number of hydrogen-bond acceptors (Lipinski definition) is 6. The van der Waals surface area contributed by atoms with E-state index in [1.165, 1.54) is 6.33 Å². The van der Waals surface area contributed by atoms with E-state index in [4.69, 9.17) is 0 Å². The molecule has 1 fully saturated rings. The molecular weight excluding hydrogens is 496 g/mol. The van der Waals surface area contributed by atoms with Crippen molar-refractivity contribution in [3.63, 3.8) is 0 Å². The standard InChI is InChI=1S/C23H26FN7O2.2ClH/c1-29-12-17(11-27-29)15-3-4-16(18(24)9-15)13-31-7-5-23(33,6-8-31)10-19-20-21(28-30(19)2)22(32)26-14-25-20;;/h3-4,9,11-12,14,33H,5-8,10,13H2,1-2H3,(H,25,26,32);2*1H. The van der Waals surface area contributed by atoms with Gasteiger partial charge in [-0.05, 0) is 24.5 Å². The molecule has 0 saturated carbocycles. The Hall–Kier alpha value is -2.79. The van der Waals surface area contributed by atoms with Crippen LogP contribution < -0.4 is 5.56 Å². The minimum atomic E-state index is -0.926. The fraction of sp³-hybridized carbons (Fsp3) is 0.391. The summed E-state index contributed by atoms with van der Waals surface area (Å²) in [5.74, 6) is -0.241. The van der Waals surface area contributed by atoms with Crippen LogP contribution in [0.15, 0.2) is 41.7 Å². The van der Waals surface area contributed by atoms with Crippen LogP contribution in [0, 0.1) is 5.82 Å². The Bertz CT molecular complexity index is 1380. The quantitative estimate of drug-likeness (QED) is 0.416. The fourth-order valence-electron chi connectivity index (χ4n) is 4.54. The minimum absolute atomic E-state index is 0. The number of aromatic amines is 1. The molecule has 1 saturated heterocycles. The lowest BCUT2D eigenvalue weighted by Gasteiger charge is -2.38. The van der Waals surface area contributed by atoms with Crippen molar-refractivity contribution >= 4 is 35.8 Å². The number of likely N-dealkylation sites (tertiary alicyclic amines) is 1. The molecule has 5 rings (SSSR count). The SMILES string of the molecule is Cl.Cl.Cn1cc(-c2ccc(CN3CCC(O)(Cc4c5nc[nH]c(=O)c5nn4C)CC3)c(F)c2)cn1. The second-order valence-corrected chi connectivity index (χ2v) is 8.89. The second kappa shape index (κ2) is 10.4. The fourth-order valence-corrected chi connectivity index (χ4v) is 4.54. The van der Waals surface area contributed by atoms with E-state index >= 15 is 0 Å². The molecule has 1 aliphatic rings. The van der Waals surface area contributed by atoms with Gasteiger partial charge in [0.15, 0.2) is 5.52 Å². The van der Waals surface area contributed by atoms with Gasteiger partial charge in [-0.1, -0.05) is 12.1 Å². The molecule has 1 aromatic carbocycles. The van der Waals surface area contributed by atoms with Gasteiger partial charge < -0.3 is 10.1 Å². The number of rotatable bonds is 5. The zero-order chi connectivity index (χ0) is 23.2. The third-order valence-corrected chi connectivity index (χ3v) is 6.51. The highest BCUT2D eigenvalue weighted by molar-refractivity contribution is 5.85. The number of fused-ring (bicyclic) bond motifs is 1. The Kier molecular flexibility index (Phi) is 8.00. The van der Waals surface area contributed by atoms with Crippen molar-refractivity contribution in [2.24, 2.45) is 14.1 Å². The zero-order valence-corrected chi connectivity index (χ0v) is 21.1. The number of aromatic nitrogens is 6. The molecule has 4 heterocycles. The Labute approximate surface area is 213 Å². The maximum absolute atomic E-state index is 14.8. The van der Waals surface area contributed by atoms with Crippen LogP contribution in [-0.2, 0) is 27.1 Å². The molecular formula is C23H28Cl2FN7O2. The summed E-state index contributed by atoms with van der Waals surface area (Å²) in [5.41, 5.74) is 2.63. The Morgan fingerprint density at radius 1 is 1.14 bits per heavy atom. The van der Waals surface area contributed by atoms with Crippen LogP contribution in [0.2, 0.25) is 0 Å². The molecule has 4 aromatic rings. The summed E-state index contributed by atoms with van der Waals surface area (Å²) >= 11 is 0. The van der Waals surface area contributed by atoms with Gasteiger partial charge in [-0.3, -0.25) is 19.1 Å². The van der Waals surface area contributed by atoms with Crippen molar-refractivity contribution in [1.82, 2.24) is 34.4 Å². The topological polar surface area (TPSA) is 105 Å². The Morgan fingerprint density at radius 3 is 2.54 bits per heavy atom. The molecule has 3 aromatic heterocycles. The maximum Gasteiger partial charge on any atom is 0.279 e. The molecule has 9 nitrogen and oxygen atoms in total. The first-order valence-electron chi connectivity index (χ1n) is 10.9. The highest BCUT2D eigenvalue weighted by Crippen LogP contribution is 2.29. The monoisotopic (exact) mass is 523 g/mol. The number of nitrogens with zero attached hydrogens (tertiary/aromatic N) is 6. The van der Waals surface area contributed by atoms with Gasteiger partial charge in [-0.15, -0.1) is 24.8 Å². The van der Waals surface area contributed by atoms with Crippen LogP contribution in [-0.4, -0.2) is 58.2 Å². The van der Waals surface area contributed by atoms with Gasteiger partial charge in [0, 0.05) is 57.5 Å². The van der Waals surface area contributed by atoms with E-state index in [0.29, 0.717) is 50.0 Å². The van der Waals surface area contributed by atoms with Crippen molar-refractivity contribution in [2.45, 2.75) is 31.4 Å². The third kappa shape index (κ3) is 5.40. The molecule has 35 heavy (non-hydrogen) atoms. The van der Waals surface area contributed by atoms with Gasteiger partial charge in [-0.2, -0.15) is 10.2 Å². The van der Waals surface area contributed by atoms with Crippen LogP contribution in [0.4, 0.5) is 4.39 Å². The number of benzene rings is 1. The summed E-state index contributed by atoms with van der Waals surface area (Å²) in [7, 11) is 3.59. The van der Waals surface area contributed by atoms with Crippen LogP contribution in [0.1, 0.15) is 24.1 Å². The van der Waals surface area contributed by atoms with Gasteiger partial charge in [0.2, 0.25) is 0 Å². The van der Waals surface area contributed by atoms with Gasteiger partial charge in [0.1, 0.15) is 11.3 Å². The van der Waals surface area contributed by atoms with Gasteiger partial charge in [-0.25, -0.2) is 9.37 Å². The normalized spacial score (nSPS) is 15.5. The highest BCUT2D eigenvalue weighted by atomic mass is 35.5. The van der Waals surface area contributed by atoms with Crippen molar-refractivity contribution in [3.05, 3.63) is 64.3 Å². The van der Waals surface area contributed by atoms with E-state index < -0.39 is 5.60 Å². The Balaban J connectivity index is 0.00000171. The van der Waals surface area contributed by atoms with E-state index in [0.717, 1.165) is 16.8 Å². The molecule has 0 bridgehead atoms. The zero-order valence-electron chi connectivity index (χ0n) is 19.4. The molecule has 188 valence electrons. The third-order valence-electron chi connectivity index (χ3n) is 6.51. The summed E-state index contributed by atoms with van der Waals surface area (Å²) in [5, 5.41) is 19.6. The van der Waals surface area contributed by atoms with E-state index in [1.54, 1.807) is 28.7 Å². The number of piperidine rings is 1. The second-order valence-electron chi connectivity index (χ2n) is 8.89. The first-order valence-corrected chi connectivity index (χ1v) is 10.9. The first kappa shape index (κ1) is 26.8. The predicted octanol–water partition coefficient (Wildman–Crippen LogP) is 2.61. The number of aryl methyl sites for hydroxylation is 2. The molecule has 0 amide bonds. The van der Waals surface area contributed by atoms with Crippen LogP contribution >= 0.6 is 24.8 Å². The van der Waals surface area contributed by atoms with Crippen molar-refractivity contribution < 1.29 is 9.50 Å². The van der Waals surface area contributed by atoms with Gasteiger partial charge >= 0.3 is 0 Å². The maximum atomic E-state index is 14.8. The summed E-state index contributed by atoms with van der Waals surface area (Å²) in [6.45, 7) is 1.77. The van der Waals surface area contributed by atoms with E-state index in [2.05, 4.69) is 25.1 Å². The number of H-pyrrole nitrogens is 1. The van der Waals surface area contributed by atoms with Crippen molar-refractivity contribution in [2.75, 3.05) is 13.1 Å². The largest absolute Gasteiger partial charge is 0.389 e. The van der Waals surface area contributed by atoms with Crippen molar-refractivity contribution in [1.29, 1.82) is 0 Å². The van der Waals surface area contributed by atoms with Crippen molar-refractivity contribution in [3.8, 4) is 11.1 Å². The molecule has 0 aliphatic carbocycles. The lowest BCUT2D eigenvalue weighted by atomic mass is 9.86. The predicted molar refractivity (Wildman–Crippen MR) is 135 cm³/mol. The van der Waals surface area contributed by atoms with Crippen LogP contribution in [0.25, 0.3) is 22.2 Å². The molecule has 0 radical (unpaired) electrons. The lowest BCUT2D eigenvalue weighted by molar-refractivity contribution is -0.0236. The summed E-state index contributed by atoms with van der Waals surface area (Å²) in [4.78, 5) is 20.9. The van der Waals surface area contributed by atoms with E-state index in [9.17, 15) is 14.3 Å². The highest BCUT2D eigenvalue weighted by Gasteiger charge is 2.34. The Morgan fingerprint density at radius 2 is 1.89 bits per heavy atom. The van der Waals surface area contributed by atoms with Crippen LogP contribution in [0.5, 0.6) is 0 Å². The van der Waals surface area contributed by atoms with Gasteiger partial charge in [0.25, 0.3) is 5.56 Å². The minimum Gasteiger partial charge on any atom is -0.389 e. The first-order chi connectivity index (χ1) is 15.8. The molecule has 1 aliphatic heterocycles. The van der Waals surface area contributed by atoms with Crippen LogP contribution in [0.3, 0.4) is 0 Å². The van der Waals surface area contributed by atoms with E-state index in [1.807, 2.05) is 25.4 Å². The molecule has 0 unspecified atom stereocenters. The summed E-state index contributed by atoms with van der Waals surface area (Å²) < 4.78 is 18.1. The molecule has 0 atom stereocenters. The smallest absolute Gasteiger partial charge is 0.279 e. The number of nitrogens with one attached hydrogen (secondary N) is 1. The number of aliphatic hydroxyl groups is 1.